The van der Waals surface area contributed by atoms with E-state index in [0.29, 0.717) is 5.75 Å². The Balaban J connectivity index is 2.23. The van der Waals surface area contributed by atoms with Crippen LogP contribution in [0.3, 0.4) is 0 Å². The van der Waals surface area contributed by atoms with Crippen LogP contribution in [-0.4, -0.2) is 5.11 Å². The molecule has 0 aromatic heterocycles. The lowest BCUT2D eigenvalue weighted by Gasteiger charge is -2.35. The van der Waals surface area contributed by atoms with Crippen molar-refractivity contribution in [2.24, 2.45) is 5.73 Å². The minimum atomic E-state index is -0.358. The molecular weight excluding hydrogens is 222 g/mol. The minimum absolute atomic E-state index is 0.345. The van der Waals surface area contributed by atoms with Crippen molar-refractivity contribution in [2.75, 3.05) is 0 Å². The van der Waals surface area contributed by atoms with Gasteiger partial charge in [-0.2, -0.15) is 0 Å². The van der Waals surface area contributed by atoms with Gasteiger partial charge in [0.15, 0.2) is 0 Å². The summed E-state index contributed by atoms with van der Waals surface area (Å²) in [6.45, 7) is 0. The number of fused-ring (bicyclic) bond motifs is 1. The Kier molecular flexibility index (Phi) is 2.75. The van der Waals surface area contributed by atoms with Crippen LogP contribution in [0.4, 0.5) is 0 Å². The standard InChI is InChI=1S/C16H19NO/c17-16(10-4-1-5-11-16)15-13-7-3-2-6-12(13)8-9-14(15)18/h2-3,6-9,18H,1,4-5,10-11,17H2. The maximum absolute atomic E-state index is 10.2. The van der Waals surface area contributed by atoms with Gasteiger partial charge < -0.3 is 10.8 Å². The van der Waals surface area contributed by atoms with Crippen LogP contribution in [0, 0.1) is 0 Å². The summed E-state index contributed by atoms with van der Waals surface area (Å²) in [5, 5.41) is 12.5. The number of hydrogen-bond acceptors (Lipinski definition) is 2. The lowest BCUT2D eigenvalue weighted by molar-refractivity contribution is 0.294. The van der Waals surface area contributed by atoms with Gasteiger partial charge in [-0.15, -0.1) is 0 Å². The van der Waals surface area contributed by atoms with E-state index in [0.717, 1.165) is 42.0 Å². The van der Waals surface area contributed by atoms with E-state index in [9.17, 15) is 5.11 Å². The molecule has 0 amide bonds. The van der Waals surface area contributed by atoms with E-state index in [2.05, 4.69) is 12.1 Å². The molecule has 0 heterocycles. The molecule has 0 saturated heterocycles. The zero-order valence-corrected chi connectivity index (χ0v) is 10.5. The SMILES string of the molecule is NC1(c2c(O)ccc3ccccc23)CCCCC1. The number of benzene rings is 2. The van der Waals surface area contributed by atoms with Gasteiger partial charge in [-0.05, 0) is 29.7 Å². The Hall–Kier alpha value is -1.54. The fourth-order valence-corrected chi connectivity index (χ4v) is 3.22. The molecule has 1 aliphatic carbocycles. The smallest absolute Gasteiger partial charge is 0.121 e. The van der Waals surface area contributed by atoms with Crippen LogP contribution in [0.1, 0.15) is 37.7 Å². The summed E-state index contributed by atoms with van der Waals surface area (Å²) in [6.07, 6.45) is 5.49. The van der Waals surface area contributed by atoms with Crippen LogP contribution in [0.5, 0.6) is 5.75 Å². The highest BCUT2D eigenvalue weighted by atomic mass is 16.3. The molecule has 2 aromatic carbocycles. The predicted octanol–water partition coefficient (Wildman–Crippen LogP) is 3.66. The molecular formula is C16H19NO. The quantitative estimate of drug-likeness (QED) is 0.800. The Morgan fingerprint density at radius 1 is 0.944 bits per heavy atom. The average molecular weight is 241 g/mol. The lowest BCUT2D eigenvalue weighted by atomic mass is 9.75. The first-order valence-corrected chi connectivity index (χ1v) is 6.71. The molecule has 18 heavy (non-hydrogen) atoms. The third kappa shape index (κ3) is 1.77. The largest absolute Gasteiger partial charge is 0.508 e. The van der Waals surface area contributed by atoms with Crippen LogP contribution >= 0.6 is 0 Å². The Morgan fingerprint density at radius 2 is 1.67 bits per heavy atom. The minimum Gasteiger partial charge on any atom is -0.508 e. The molecule has 3 N–H and O–H groups in total. The molecule has 3 rings (SSSR count). The number of aromatic hydroxyl groups is 1. The summed E-state index contributed by atoms with van der Waals surface area (Å²) in [5.74, 6) is 0.345. The normalized spacial score (nSPS) is 18.9. The van der Waals surface area contributed by atoms with Gasteiger partial charge >= 0.3 is 0 Å². The average Bonchev–Trinajstić information content (AvgIpc) is 2.39. The van der Waals surface area contributed by atoms with Crippen molar-refractivity contribution >= 4 is 10.8 Å². The molecule has 2 nitrogen and oxygen atoms in total. The fraction of sp³-hybridized carbons (Fsp3) is 0.375. The second-order valence-electron chi connectivity index (χ2n) is 5.40. The van der Waals surface area contributed by atoms with Gasteiger partial charge in [0.2, 0.25) is 0 Å². The van der Waals surface area contributed by atoms with Gasteiger partial charge in [0, 0.05) is 11.1 Å². The molecule has 1 aliphatic rings. The van der Waals surface area contributed by atoms with E-state index in [1.165, 1.54) is 6.42 Å². The van der Waals surface area contributed by atoms with E-state index >= 15 is 0 Å². The van der Waals surface area contributed by atoms with E-state index in [-0.39, 0.29) is 5.54 Å². The van der Waals surface area contributed by atoms with Gasteiger partial charge in [-0.3, -0.25) is 0 Å². The number of rotatable bonds is 1. The fourth-order valence-electron chi connectivity index (χ4n) is 3.22. The van der Waals surface area contributed by atoms with Gasteiger partial charge in [-0.1, -0.05) is 49.6 Å². The second kappa shape index (κ2) is 4.29. The van der Waals surface area contributed by atoms with Crippen LogP contribution in [-0.2, 0) is 5.54 Å². The summed E-state index contributed by atoms with van der Waals surface area (Å²) in [6, 6.07) is 11.9. The lowest BCUT2D eigenvalue weighted by Crippen LogP contribution is -2.38. The van der Waals surface area contributed by atoms with Crippen molar-refractivity contribution in [2.45, 2.75) is 37.6 Å². The molecule has 2 heteroatoms. The molecule has 0 radical (unpaired) electrons. The number of phenols is 1. The monoisotopic (exact) mass is 241 g/mol. The summed E-state index contributed by atoms with van der Waals surface area (Å²) in [4.78, 5) is 0. The Labute approximate surface area is 107 Å². The molecule has 1 fully saturated rings. The highest BCUT2D eigenvalue weighted by Crippen LogP contribution is 2.42. The first-order chi connectivity index (χ1) is 8.71. The maximum atomic E-state index is 10.2. The molecule has 0 atom stereocenters. The van der Waals surface area contributed by atoms with Crippen LogP contribution in [0.25, 0.3) is 10.8 Å². The van der Waals surface area contributed by atoms with E-state index in [1.807, 2.05) is 18.2 Å². The molecule has 94 valence electrons. The summed E-state index contributed by atoms with van der Waals surface area (Å²) < 4.78 is 0. The topological polar surface area (TPSA) is 46.2 Å². The summed E-state index contributed by atoms with van der Waals surface area (Å²) in [7, 11) is 0. The predicted molar refractivity (Wildman–Crippen MR) is 74.6 cm³/mol. The van der Waals surface area contributed by atoms with E-state index < -0.39 is 0 Å². The van der Waals surface area contributed by atoms with Crippen molar-refractivity contribution < 1.29 is 5.11 Å². The van der Waals surface area contributed by atoms with E-state index in [1.54, 1.807) is 6.07 Å². The first kappa shape index (κ1) is 11.5. The van der Waals surface area contributed by atoms with Crippen molar-refractivity contribution in [3.05, 3.63) is 42.0 Å². The van der Waals surface area contributed by atoms with Crippen LogP contribution < -0.4 is 5.73 Å². The number of hydrogen-bond donors (Lipinski definition) is 2. The molecule has 0 aliphatic heterocycles. The maximum Gasteiger partial charge on any atom is 0.121 e. The highest BCUT2D eigenvalue weighted by molar-refractivity contribution is 5.88. The zero-order valence-electron chi connectivity index (χ0n) is 10.5. The van der Waals surface area contributed by atoms with Gasteiger partial charge in [-0.25, -0.2) is 0 Å². The molecule has 0 bridgehead atoms. The Morgan fingerprint density at radius 3 is 2.44 bits per heavy atom. The highest BCUT2D eigenvalue weighted by Gasteiger charge is 2.33. The third-order valence-electron chi connectivity index (χ3n) is 4.15. The molecule has 1 saturated carbocycles. The van der Waals surface area contributed by atoms with Crippen LogP contribution in [0.2, 0.25) is 0 Å². The van der Waals surface area contributed by atoms with Gasteiger partial charge in [0.25, 0.3) is 0 Å². The zero-order chi connectivity index (χ0) is 12.6. The molecule has 0 spiro atoms. The summed E-state index contributed by atoms with van der Waals surface area (Å²) >= 11 is 0. The van der Waals surface area contributed by atoms with Crippen molar-refractivity contribution in [3.8, 4) is 5.75 Å². The van der Waals surface area contributed by atoms with Crippen LogP contribution in [0.15, 0.2) is 36.4 Å². The second-order valence-corrected chi connectivity index (χ2v) is 5.40. The first-order valence-electron chi connectivity index (χ1n) is 6.71. The van der Waals surface area contributed by atoms with Crippen molar-refractivity contribution in [1.82, 2.24) is 0 Å². The van der Waals surface area contributed by atoms with Gasteiger partial charge in [0.05, 0.1) is 0 Å². The number of phenolic OH excluding ortho intramolecular Hbond substituents is 1. The van der Waals surface area contributed by atoms with Crippen molar-refractivity contribution in [3.63, 3.8) is 0 Å². The Bertz CT molecular complexity index is 570. The van der Waals surface area contributed by atoms with Crippen molar-refractivity contribution in [1.29, 1.82) is 0 Å². The third-order valence-corrected chi connectivity index (χ3v) is 4.15. The van der Waals surface area contributed by atoms with Gasteiger partial charge in [0.1, 0.15) is 5.75 Å². The van der Waals surface area contributed by atoms with E-state index in [4.69, 9.17) is 5.73 Å². The molecule has 2 aromatic rings. The molecule has 0 unspecified atom stereocenters. The number of nitrogens with two attached hydrogens (primary N) is 1. The summed E-state index contributed by atoms with van der Waals surface area (Å²) in [5.41, 5.74) is 7.17.